The van der Waals surface area contributed by atoms with Crippen molar-refractivity contribution in [2.24, 2.45) is 0 Å². The molecule has 4 nitrogen and oxygen atoms in total. The predicted molar refractivity (Wildman–Crippen MR) is 217 cm³/mol. The first kappa shape index (κ1) is 30.6. The number of rotatable bonds is 6. The van der Waals surface area contributed by atoms with Crippen LogP contribution in [0.2, 0.25) is 0 Å². The molecule has 10 aromatic rings. The smallest absolute Gasteiger partial charge is 0.164 e. The summed E-state index contributed by atoms with van der Waals surface area (Å²) in [5.74, 6) is 1.83. The van der Waals surface area contributed by atoms with Gasteiger partial charge >= 0.3 is 0 Å². The topological polar surface area (TPSA) is 51.8 Å². The Morgan fingerprint density at radius 2 is 0.755 bits per heavy atom. The molecule has 10 rings (SSSR count). The van der Waals surface area contributed by atoms with Gasteiger partial charge in [0.2, 0.25) is 0 Å². The zero-order chi connectivity index (χ0) is 35.1. The van der Waals surface area contributed by atoms with E-state index in [0.29, 0.717) is 17.5 Å². The van der Waals surface area contributed by atoms with Gasteiger partial charge in [0.05, 0.1) is 0 Å². The monoisotopic (exact) mass is 677 g/mol. The van der Waals surface area contributed by atoms with E-state index in [4.69, 9.17) is 19.4 Å². The second-order valence-corrected chi connectivity index (χ2v) is 13.2. The molecule has 0 aliphatic carbocycles. The molecule has 0 atom stereocenters. The first-order valence-corrected chi connectivity index (χ1v) is 17.8. The number of benzene rings is 8. The van der Waals surface area contributed by atoms with Crippen molar-refractivity contribution in [3.05, 3.63) is 188 Å². The lowest BCUT2D eigenvalue weighted by molar-refractivity contribution is 0.673. The van der Waals surface area contributed by atoms with Crippen LogP contribution in [0.15, 0.2) is 192 Å². The standard InChI is InChI=1S/C49H31N3O/c1-5-15-32(16-6-1)36-25-26-45-42(30-36)43-31-44(40-23-13-14-24-41(40)46(43)53-45)49-51-47(35-21-11-4-12-22-35)50-48(52-49)39-28-37(33-17-7-2-8-18-33)27-38(29-39)34-19-9-3-10-20-34/h1-31H. The molecule has 2 heterocycles. The van der Waals surface area contributed by atoms with Gasteiger partial charge in [0, 0.05) is 32.8 Å². The Bertz CT molecular complexity index is 2860. The number of hydrogen-bond donors (Lipinski definition) is 0. The van der Waals surface area contributed by atoms with Gasteiger partial charge in [-0.25, -0.2) is 15.0 Å². The largest absolute Gasteiger partial charge is 0.455 e. The second kappa shape index (κ2) is 12.9. The molecule has 0 aliphatic rings. The fourth-order valence-electron chi connectivity index (χ4n) is 7.29. The van der Waals surface area contributed by atoms with Crippen LogP contribution >= 0.6 is 0 Å². The quantitative estimate of drug-likeness (QED) is 0.176. The average molecular weight is 678 g/mol. The van der Waals surface area contributed by atoms with Crippen LogP contribution in [0.25, 0.3) is 100 Å². The van der Waals surface area contributed by atoms with Crippen LogP contribution in [0, 0.1) is 0 Å². The van der Waals surface area contributed by atoms with E-state index in [2.05, 4.69) is 152 Å². The van der Waals surface area contributed by atoms with Crippen LogP contribution in [0.5, 0.6) is 0 Å². The molecule has 0 N–H and O–H groups in total. The molecule has 0 saturated heterocycles. The van der Waals surface area contributed by atoms with Crippen LogP contribution in [-0.2, 0) is 0 Å². The second-order valence-electron chi connectivity index (χ2n) is 13.2. The minimum absolute atomic E-state index is 0.604. The average Bonchev–Trinajstić information content (AvgIpc) is 3.62. The number of nitrogens with zero attached hydrogens (tertiary/aromatic N) is 3. The van der Waals surface area contributed by atoms with Gasteiger partial charge in [-0.3, -0.25) is 0 Å². The third-order valence-corrected chi connectivity index (χ3v) is 9.90. The summed E-state index contributed by atoms with van der Waals surface area (Å²) in [4.78, 5) is 15.7. The fourth-order valence-corrected chi connectivity index (χ4v) is 7.29. The van der Waals surface area contributed by atoms with Crippen LogP contribution in [0.3, 0.4) is 0 Å². The Morgan fingerprint density at radius 1 is 0.283 bits per heavy atom. The van der Waals surface area contributed by atoms with Crippen molar-refractivity contribution in [2.75, 3.05) is 0 Å². The molecule has 0 saturated carbocycles. The van der Waals surface area contributed by atoms with Gasteiger partial charge in [-0.2, -0.15) is 0 Å². The molecule has 0 unspecified atom stereocenters. The van der Waals surface area contributed by atoms with Crippen molar-refractivity contribution in [1.82, 2.24) is 15.0 Å². The van der Waals surface area contributed by atoms with Gasteiger partial charge in [0.1, 0.15) is 11.2 Å². The van der Waals surface area contributed by atoms with Crippen molar-refractivity contribution in [1.29, 1.82) is 0 Å². The summed E-state index contributed by atoms with van der Waals surface area (Å²) in [5, 5.41) is 4.10. The lowest BCUT2D eigenvalue weighted by Crippen LogP contribution is -2.01. The van der Waals surface area contributed by atoms with E-state index < -0.39 is 0 Å². The zero-order valence-electron chi connectivity index (χ0n) is 28.6. The van der Waals surface area contributed by atoms with E-state index in [1.165, 1.54) is 0 Å². The lowest BCUT2D eigenvalue weighted by Gasteiger charge is -2.13. The van der Waals surface area contributed by atoms with Gasteiger partial charge in [0.25, 0.3) is 0 Å². The molecular formula is C49H31N3O. The molecule has 0 spiro atoms. The fraction of sp³-hybridized carbons (Fsp3) is 0. The Morgan fingerprint density at radius 3 is 1.36 bits per heavy atom. The zero-order valence-corrected chi connectivity index (χ0v) is 28.6. The SMILES string of the molecule is c1ccc(-c2cc(-c3ccccc3)cc(-c3nc(-c4ccccc4)nc(-c4cc5c6cc(-c7ccccc7)ccc6oc5c5ccccc45)n3)c2)cc1. The molecule has 8 aromatic carbocycles. The molecule has 4 heteroatoms. The number of furan rings is 1. The van der Waals surface area contributed by atoms with Crippen molar-refractivity contribution in [3.8, 4) is 67.5 Å². The van der Waals surface area contributed by atoms with Gasteiger partial charge in [-0.15, -0.1) is 0 Å². The van der Waals surface area contributed by atoms with E-state index in [1.54, 1.807) is 0 Å². The molecule has 0 amide bonds. The first-order valence-electron chi connectivity index (χ1n) is 17.8. The van der Waals surface area contributed by atoms with Crippen LogP contribution in [0.1, 0.15) is 0 Å². The summed E-state index contributed by atoms with van der Waals surface area (Å²) in [7, 11) is 0. The van der Waals surface area contributed by atoms with E-state index in [0.717, 1.165) is 82.8 Å². The number of hydrogen-bond acceptors (Lipinski definition) is 4. The third-order valence-electron chi connectivity index (χ3n) is 9.90. The Hall–Kier alpha value is -7.17. The summed E-state index contributed by atoms with van der Waals surface area (Å²) in [5.41, 5.74) is 11.2. The van der Waals surface area contributed by atoms with Crippen LogP contribution in [0.4, 0.5) is 0 Å². The normalized spacial score (nSPS) is 11.4. The molecule has 0 aliphatic heterocycles. The Kier molecular flexibility index (Phi) is 7.43. The predicted octanol–water partition coefficient (Wildman–Crippen LogP) is 12.9. The van der Waals surface area contributed by atoms with E-state index >= 15 is 0 Å². The summed E-state index contributed by atoms with van der Waals surface area (Å²) >= 11 is 0. The highest BCUT2D eigenvalue weighted by Gasteiger charge is 2.20. The third kappa shape index (κ3) is 5.63. The summed E-state index contributed by atoms with van der Waals surface area (Å²) < 4.78 is 6.59. The van der Waals surface area contributed by atoms with E-state index in [9.17, 15) is 0 Å². The van der Waals surface area contributed by atoms with Gasteiger partial charge in [-0.05, 0) is 75.2 Å². The molecule has 248 valence electrons. The number of fused-ring (bicyclic) bond motifs is 5. The van der Waals surface area contributed by atoms with Gasteiger partial charge < -0.3 is 4.42 Å². The lowest BCUT2D eigenvalue weighted by atomic mass is 9.95. The minimum Gasteiger partial charge on any atom is -0.455 e. The molecule has 0 fully saturated rings. The maximum absolute atomic E-state index is 6.59. The first-order chi connectivity index (χ1) is 26.2. The van der Waals surface area contributed by atoms with E-state index in [1.807, 2.05) is 36.4 Å². The minimum atomic E-state index is 0.604. The highest BCUT2D eigenvalue weighted by molar-refractivity contribution is 6.19. The van der Waals surface area contributed by atoms with Crippen molar-refractivity contribution in [2.45, 2.75) is 0 Å². The Balaban J connectivity index is 1.24. The molecule has 0 bridgehead atoms. The van der Waals surface area contributed by atoms with Gasteiger partial charge in [0.15, 0.2) is 17.5 Å². The Labute approximate surface area is 306 Å². The summed E-state index contributed by atoms with van der Waals surface area (Å²) in [6.07, 6.45) is 0. The highest BCUT2D eigenvalue weighted by Crippen LogP contribution is 2.41. The summed E-state index contributed by atoms with van der Waals surface area (Å²) in [6.45, 7) is 0. The summed E-state index contributed by atoms with van der Waals surface area (Å²) in [6, 6.07) is 65.1. The van der Waals surface area contributed by atoms with Gasteiger partial charge in [-0.1, -0.05) is 152 Å². The maximum Gasteiger partial charge on any atom is 0.164 e. The number of aromatic nitrogens is 3. The van der Waals surface area contributed by atoms with Crippen LogP contribution in [-0.4, -0.2) is 15.0 Å². The molecule has 2 aromatic heterocycles. The molecule has 0 radical (unpaired) electrons. The maximum atomic E-state index is 6.59. The molecular weight excluding hydrogens is 647 g/mol. The highest BCUT2D eigenvalue weighted by atomic mass is 16.3. The van der Waals surface area contributed by atoms with Crippen molar-refractivity contribution in [3.63, 3.8) is 0 Å². The molecule has 53 heavy (non-hydrogen) atoms. The van der Waals surface area contributed by atoms with Crippen LogP contribution < -0.4 is 0 Å². The van der Waals surface area contributed by atoms with Crippen molar-refractivity contribution < 1.29 is 4.42 Å². The van der Waals surface area contributed by atoms with Crippen molar-refractivity contribution >= 4 is 32.7 Å². The van der Waals surface area contributed by atoms with E-state index in [-0.39, 0.29) is 0 Å².